The minimum Gasteiger partial charge on any atom is -0.492 e. The van der Waals surface area contributed by atoms with Crippen LogP contribution in [0.2, 0.25) is 0 Å². The topological polar surface area (TPSA) is 30.5 Å². The van der Waals surface area contributed by atoms with Crippen molar-refractivity contribution in [2.24, 2.45) is 0 Å². The van der Waals surface area contributed by atoms with Crippen LogP contribution in [0.5, 0.6) is 5.75 Å². The van der Waals surface area contributed by atoms with E-state index in [0.717, 1.165) is 5.75 Å². The van der Waals surface area contributed by atoms with Crippen molar-refractivity contribution in [3.05, 3.63) is 65.7 Å². The molecule has 0 aliphatic rings. The van der Waals surface area contributed by atoms with Crippen LogP contribution < -0.4 is 10.1 Å². The van der Waals surface area contributed by atoms with Crippen molar-refractivity contribution in [1.29, 1.82) is 0 Å². The van der Waals surface area contributed by atoms with Gasteiger partial charge in [-0.3, -0.25) is 0 Å². The van der Waals surface area contributed by atoms with E-state index in [4.69, 9.17) is 9.47 Å². The minimum absolute atomic E-state index is 0.167. The summed E-state index contributed by atoms with van der Waals surface area (Å²) in [4.78, 5) is 0. The van der Waals surface area contributed by atoms with Crippen LogP contribution in [0.15, 0.2) is 54.6 Å². The van der Waals surface area contributed by atoms with E-state index in [2.05, 4.69) is 50.4 Å². The summed E-state index contributed by atoms with van der Waals surface area (Å²) in [6, 6.07) is 18.9. The molecule has 2 aromatic rings. The highest BCUT2D eigenvalue weighted by molar-refractivity contribution is 5.26. The molecule has 0 radical (unpaired) electrons. The molecule has 0 bridgehead atoms. The van der Waals surface area contributed by atoms with Gasteiger partial charge in [-0.25, -0.2) is 0 Å². The Bertz CT molecular complexity index is 552. The normalized spacial score (nSPS) is 12.3. The van der Waals surface area contributed by atoms with Crippen LogP contribution in [0.4, 0.5) is 0 Å². The minimum atomic E-state index is 0.167. The fraction of sp³-hybridized carbons (Fsp3) is 0.400. The Morgan fingerprint density at radius 1 is 0.913 bits per heavy atom. The number of ether oxygens (including phenoxy) is 2. The highest BCUT2D eigenvalue weighted by Crippen LogP contribution is 2.12. The van der Waals surface area contributed by atoms with E-state index >= 15 is 0 Å². The molecule has 0 fully saturated rings. The highest BCUT2D eigenvalue weighted by atomic mass is 16.5. The Kier molecular flexibility index (Phi) is 7.11. The van der Waals surface area contributed by atoms with Crippen molar-refractivity contribution in [2.45, 2.75) is 39.5 Å². The average molecular weight is 313 g/mol. The fourth-order valence-corrected chi connectivity index (χ4v) is 2.34. The van der Waals surface area contributed by atoms with Gasteiger partial charge in [-0.05, 0) is 24.6 Å². The summed E-state index contributed by atoms with van der Waals surface area (Å²) in [5.74, 6) is 0.897. The number of hydrogen-bond donors (Lipinski definition) is 1. The fourth-order valence-electron chi connectivity index (χ4n) is 2.34. The van der Waals surface area contributed by atoms with Crippen molar-refractivity contribution < 1.29 is 9.47 Å². The van der Waals surface area contributed by atoms with E-state index in [1.54, 1.807) is 0 Å². The number of aryl methyl sites for hydroxylation is 1. The molecule has 0 aromatic heterocycles. The first kappa shape index (κ1) is 17.5. The van der Waals surface area contributed by atoms with E-state index < -0.39 is 0 Å². The van der Waals surface area contributed by atoms with Crippen LogP contribution in [-0.2, 0) is 11.3 Å². The van der Waals surface area contributed by atoms with Gasteiger partial charge >= 0.3 is 0 Å². The molecular formula is C20H27NO2. The summed E-state index contributed by atoms with van der Waals surface area (Å²) < 4.78 is 11.7. The third-order valence-electron chi connectivity index (χ3n) is 3.47. The number of benzene rings is 2. The molecule has 0 aliphatic carbocycles. The lowest BCUT2D eigenvalue weighted by Crippen LogP contribution is -2.42. The van der Waals surface area contributed by atoms with Crippen molar-refractivity contribution in [2.75, 3.05) is 13.2 Å². The van der Waals surface area contributed by atoms with E-state index in [0.29, 0.717) is 25.9 Å². The lowest BCUT2D eigenvalue weighted by molar-refractivity contribution is 0.0797. The molecule has 0 spiro atoms. The zero-order chi connectivity index (χ0) is 16.5. The zero-order valence-corrected chi connectivity index (χ0v) is 14.3. The molecule has 0 unspecified atom stereocenters. The van der Waals surface area contributed by atoms with Gasteiger partial charge in [-0.2, -0.15) is 0 Å². The second kappa shape index (κ2) is 9.33. The maximum Gasteiger partial charge on any atom is 0.119 e. The van der Waals surface area contributed by atoms with Crippen LogP contribution in [-0.4, -0.2) is 25.3 Å². The number of nitrogens with one attached hydrogen (secondary N) is 1. The first-order valence-electron chi connectivity index (χ1n) is 8.20. The van der Waals surface area contributed by atoms with Crippen LogP contribution in [0, 0.1) is 6.92 Å². The van der Waals surface area contributed by atoms with Crippen molar-refractivity contribution in [3.63, 3.8) is 0 Å². The van der Waals surface area contributed by atoms with Gasteiger partial charge in [0.25, 0.3) is 0 Å². The monoisotopic (exact) mass is 313 g/mol. The molecule has 3 heteroatoms. The van der Waals surface area contributed by atoms with Gasteiger partial charge in [0.1, 0.15) is 12.4 Å². The maximum absolute atomic E-state index is 5.88. The van der Waals surface area contributed by atoms with E-state index in [1.807, 2.05) is 30.3 Å². The Balaban J connectivity index is 1.80. The lowest BCUT2D eigenvalue weighted by Gasteiger charge is -2.22. The van der Waals surface area contributed by atoms with Gasteiger partial charge in [0, 0.05) is 6.04 Å². The lowest BCUT2D eigenvalue weighted by atomic mass is 10.2. The van der Waals surface area contributed by atoms with Gasteiger partial charge in [-0.1, -0.05) is 61.9 Å². The predicted octanol–water partition coefficient (Wildman–Crippen LogP) is 3.96. The molecule has 23 heavy (non-hydrogen) atoms. The number of rotatable bonds is 9. The Hall–Kier alpha value is -1.84. The van der Waals surface area contributed by atoms with Crippen molar-refractivity contribution in [1.82, 2.24) is 5.32 Å². The van der Waals surface area contributed by atoms with Crippen LogP contribution in [0.25, 0.3) is 0 Å². The van der Waals surface area contributed by atoms with Crippen molar-refractivity contribution in [3.8, 4) is 5.75 Å². The second-order valence-electron chi connectivity index (χ2n) is 6.14. The summed E-state index contributed by atoms with van der Waals surface area (Å²) in [5, 5.41) is 3.50. The highest BCUT2D eigenvalue weighted by Gasteiger charge is 2.11. The van der Waals surface area contributed by atoms with Gasteiger partial charge in [0.15, 0.2) is 0 Å². The van der Waals surface area contributed by atoms with E-state index in [1.165, 1.54) is 11.1 Å². The first-order chi connectivity index (χ1) is 11.1. The molecule has 0 aliphatic heterocycles. The Morgan fingerprint density at radius 2 is 1.61 bits per heavy atom. The van der Waals surface area contributed by atoms with Gasteiger partial charge in [0.05, 0.1) is 19.3 Å². The van der Waals surface area contributed by atoms with Crippen molar-refractivity contribution >= 4 is 0 Å². The van der Waals surface area contributed by atoms with Crippen LogP contribution >= 0.6 is 0 Å². The molecule has 0 amide bonds. The standard InChI is InChI=1S/C20H27NO2/c1-16(2)21-19(14-22-13-18-7-5-4-6-8-18)15-23-20-11-9-17(3)10-12-20/h4-12,16,19,21H,13-15H2,1-3H3/t19-/m0/s1. The smallest absolute Gasteiger partial charge is 0.119 e. The van der Waals surface area contributed by atoms with Crippen LogP contribution in [0.1, 0.15) is 25.0 Å². The van der Waals surface area contributed by atoms with Crippen LogP contribution in [0.3, 0.4) is 0 Å². The third kappa shape index (κ3) is 6.85. The Morgan fingerprint density at radius 3 is 2.26 bits per heavy atom. The van der Waals surface area contributed by atoms with E-state index in [9.17, 15) is 0 Å². The zero-order valence-electron chi connectivity index (χ0n) is 14.3. The second-order valence-corrected chi connectivity index (χ2v) is 6.14. The molecule has 0 saturated carbocycles. The summed E-state index contributed by atoms with van der Waals surface area (Å²) in [5.41, 5.74) is 2.43. The molecule has 0 saturated heterocycles. The van der Waals surface area contributed by atoms with E-state index in [-0.39, 0.29) is 6.04 Å². The number of hydrogen-bond acceptors (Lipinski definition) is 3. The molecule has 3 nitrogen and oxygen atoms in total. The quantitative estimate of drug-likeness (QED) is 0.760. The van der Waals surface area contributed by atoms with Gasteiger partial charge < -0.3 is 14.8 Å². The molecule has 0 heterocycles. The third-order valence-corrected chi connectivity index (χ3v) is 3.47. The molecule has 1 N–H and O–H groups in total. The molecule has 2 rings (SSSR count). The average Bonchev–Trinajstić information content (AvgIpc) is 2.54. The SMILES string of the molecule is Cc1ccc(OC[C@H](COCc2ccccc2)NC(C)C)cc1. The Labute approximate surface area is 139 Å². The summed E-state index contributed by atoms with van der Waals surface area (Å²) in [7, 11) is 0. The largest absolute Gasteiger partial charge is 0.492 e. The molecule has 124 valence electrons. The molecular weight excluding hydrogens is 286 g/mol. The first-order valence-corrected chi connectivity index (χ1v) is 8.20. The predicted molar refractivity (Wildman–Crippen MR) is 94.8 cm³/mol. The van der Waals surface area contributed by atoms with Gasteiger partial charge in [0.2, 0.25) is 0 Å². The summed E-state index contributed by atoms with van der Waals surface area (Å²) in [6.45, 7) is 8.19. The van der Waals surface area contributed by atoms with Gasteiger partial charge in [-0.15, -0.1) is 0 Å². The molecule has 1 atom stereocenters. The summed E-state index contributed by atoms with van der Waals surface area (Å²) >= 11 is 0. The maximum atomic E-state index is 5.88. The summed E-state index contributed by atoms with van der Waals surface area (Å²) in [6.07, 6.45) is 0. The molecule has 2 aromatic carbocycles.